The van der Waals surface area contributed by atoms with E-state index in [-0.39, 0.29) is 15.8 Å². The molecule has 11 heteroatoms. The third-order valence-electron chi connectivity index (χ3n) is 3.28. The standard InChI is InChI=1S/C14H18ClN5O3S2/c1-9(24-14-18-16-8-20(14)4)13(21)17-10-5-6-11(15)12(7-10)25(22,23)19(2)3/h5-9H,1-4H3,(H,17,21)/t9-/m1/s1. The Balaban J connectivity index is 2.17. The Kier molecular flexibility index (Phi) is 6.09. The van der Waals surface area contributed by atoms with E-state index in [1.807, 2.05) is 0 Å². The van der Waals surface area contributed by atoms with Crippen LogP contribution in [0.25, 0.3) is 0 Å². The Labute approximate surface area is 155 Å². The Morgan fingerprint density at radius 1 is 1.40 bits per heavy atom. The second-order valence-electron chi connectivity index (χ2n) is 5.41. The Bertz CT molecular complexity index is 882. The highest BCUT2D eigenvalue weighted by atomic mass is 35.5. The minimum atomic E-state index is -3.71. The molecule has 0 unspecified atom stereocenters. The van der Waals surface area contributed by atoms with Crippen LogP contribution in [0, 0.1) is 0 Å². The van der Waals surface area contributed by atoms with Gasteiger partial charge in [-0.1, -0.05) is 23.4 Å². The molecule has 2 rings (SSSR count). The van der Waals surface area contributed by atoms with Gasteiger partial charge in [0.05, 0.1) is 10.3 Å². The highest BCUT2D eigenvalue weighted by Gasteiger charge is 2.22. The summed E-state index contributed by atoms with van der Waals surface area (Å²) < 4.78 is 27.3. The Morgan fingerprint density at radius 2 is 2.08 bits per heavy atom. The van der Waals surface area contributed by atoms with Gasteiger partial charge in [0.25, 0.3) is 0 Å². The first-order valence-corrected chi connectivity index (χ1v) is 9.86. The molecular formula is C14H18ClN5O3S2. The molecule has 1 heterocycles. The van der Waals surface area contributed by atoms with Gasteiger partial charge in [-0.3, -0.25) is 4.79 Å². The number of carbonyl (C=O) groups is 1. The smallest absolute Gasteiger partial charge is 0.244 e. The molecule has 0 aliphatic heterocycles. The van der Waals surface area contributed by atoms with Crippen LogP contribution in [0.2, 0.25) is 5.02 Å². The number of hydrogen-bond acceptors (Lipinski definition) is 6. The highest BCUT2D eigenvalue weighted by molar-refractivity contribution is 8.00. The molecule has 1 aromatic heterocycles. The molecule has 25 heavy (non-hydrogen) atoms. The Morgan fingerprint density at radius 3 is 2.64 bits per heavy atom. The van der Waals surface area contributed by atoms with E-state index in [1.165, 1.54) is 38.0 Å². The fourth-order valence-corrected chi connectivity index (χ4v) is 3.99. The number of nitrogens with zero attached hydrogens (tertiary/aromatic N) is 4. The van der Waals surface area contributed by atoms with Crippen LogP contribution in [0.5, 0.6) is 0 Å². The lowest BCUT2D eigenvalue weighted by Crippen LogP contribution is -2.24. The monoisotopic (exact) mass is 403 g/mol. The van der Waals surface area contributed by atoms with E-state index in [2.05, 4.69) is 15.5 Å². The number of sulfonamides is 1. The minimum absolute atomic E-state index is 0.0643. The maximum atomic E-state index is 12.3. The maximum Gasteiger partial charge on any atom is 0.244 e. The van der Waals surface area contributed by atoms with Gasteiger partial charge < -0.3 is 9.88 Å². The molecule has 1 amide bonds. The normalized spacial score (nSPS) is 13.0. The fourth-order valence-electron chi connectivity index (χ4n) is 1.81. The summed E-state index contributed by atoms with van der Waals surface area (Å²) in [6.07, 6.45) is 1.55. The first-order chi connectivity index (χ1) is 11.6. The topological polar surface area (TPSA) is 97.2 Å². The molecule has 0 saturated carbocycles. The van der Waals surface area contributed by atoms with Gasteiger partial charge in [0, 0.05) is 26.8 Å². The lowest BCUT2D eigenvalue weighted by atomic mass is 10.3. The van der Waals surface area contributed by atoms with Gasteiger partial charge in [-0.15, -0.1) is 10.2 Å². The number of benzene rings is 1. The quantitative estimate of drug-likeness (QED) is 0.739. The molecule has 8 nitrogen and oxygen atoms in total. The van der Waals surface area contributed by atoms with Crippen molar-refractivity contribution in [1.82, 2.24) is 19.1 Å². The van der Waals surface area contributed by atoms with Crippen LogP contribution in [0.15, 0.2) is 34.6 Å². The Hall–Kier alpha value is -1.62. The van der Waals surface area contributed by atoms with Crippen molar-refractivity contribution in [2.75, 3.05) is 19.4 Å². The van der Waals surface area contributed by atoms with E-state index in [0.717, 1.165) is 4.31 Å². The van der Waals surface area contributed by atoms with E-state index >= 15 is 0 Å². The van der Waals surface area contributed by atoms with Crippen molar-refractivity contribution in [3.8, 4) is 0 Å². The van der Waals surface area contributed by atoms with Crippen LogP contribution in [0.1, 0.15) is 6.92 Å². The average Bonchev–Trinajstić information content (AvgIpc) is 2.93. The van der Waals surface area contributed by atoms with E-state index in [1.54, 1.807) is 30.9 Å². The van der Waals surface area contributed by atoms with Crippen molar-refractivity contribution in [2.45, 2.75) is 22.2 Å². The van der Waals surface area contributed by atoms with Crippen molar-refractivity contribution >= 4 is 45.0 Å². The first kappa shape index (κ1) is 19.7. The van der Waals surface area contributed by atoms with Crippen LogP contribution in [-0.2, 0) is 21.9 Å². The second-order valence-corrected chi connectivity index (χ2v) is 9.24. The number of aryl methyl sites for hydroxylation is 1. The van der Waals surface area contributed by atoms with Gasteiger partial charge in [0.15, 0.2) is 5.16 Å². The van der Waals surface area contributed by atoms with Gasteiger partial charge in [-0.25, -0.2) is 12.7 Å². The number of hydrogen-bond donors (Lipinski definition) is 1. The molecule has 0 spiro atoms. The summed E-state index contributed by atoms with van der Waals surface area (Å²) in [6.45, 7) is 1.72. The van der Waals surface area contributed by atoms with E-state index in [9.17, 15) is 13.2 Å². The zero-order valence-corrected chi connectivity index (χ0v) is 16.5. The van der Waals surface area contributed by atoms with E-state index < -0.39 is 15.3 Å². The molecule has 0 aliphatic rings. The van der Waals surface area contributed by atoms with Gasteiger partial charge in [-0.05, 0) is 25.1 Å². The van der Waals surface area contributed by atoms with Crippen molar-refractivity contribution in [3.63, 3.8) is 0 Å². The summed E-state index contributed by atoms with van der Waals surface area (Å²) in [4.78, 5) is 12.3. The average molecular weight is 404 g/mol. The van der Waals surface area contributed by atoms with Gasteiger partial charge in [0.1, 0.15) is 11.2 Å². The SMILES string of the molecule is C[C@@H](Sc1nncn1C)C(=O)Nc1ccc(Cl)c(S(=O)(=O)N(C)C)c1. The third-order valence-corrected chi connectivity index (χ3v) is 6.72. The number of thioether (sulfide) groups is 1. The minimum Gasteiger partial charge on any atom is -0.325 e. The molecule has 0 bridgehead atoms. The van der Waals surface area contributed by atoms with Crippen LogP contribution in [0.4, 0.5) is 5.69 Å². The largest absolute Gasteiger partial charge is 0.325 e. The van der Waals surface area contributed by atoms with Gasteiger partial charge in [-0.2, -0.15) is 0 Å². The summed E-state index contributed by atoms with van der Waals surface area (Å²) in [7, 11) is 0.899. The van der Waals surface area contributed by atoms with Crippen molar-refractivity contribution < 1.29 is 13.2 Å². The zero-order chi connectivity index (χ0) is 18.8. The third kappa shape index (κ3) is 4.51. The molecule has 136 valence electrons. The molecule has 1 N–H and O–H groups in total. The molecule has 1 aromatic carbocycles. The lowest BCUT2D eigenvalue weighted by molar-refractivity contribution is -0.115. The van der Waals surface area contributed by atoms with Crippen LogP contribution in [-0.4, -0.2) is 52.7 Å². The van der Waals surface area contributed by atoms with Crippen molar-refractivity contribution in [1.29, 1.82) is 0 Å². The summed E-state index contributed by atoms with van der Waals surface area (Å²) in [5.41, 5.74) is 0.347. The fraction of sp³-hybridized carbons (Fsp3) is 0.357. The van der Waals surface area contributed by atoms with Crippen LogP contribution < -0.4 is 5.32 Å². The van der Waals surface area contributed by atoms with Crippen molar-refractivity contribution in [2.24, 2.45) is 7.05 Å². The predicted octanol–water partition coefficient (Wildman–Crippen LogP) is 1.84. The number of carbonyl (C=O) groups excluding carboxylic acids is 1. The molecular weight excluding hydrogens is 386 g/mol. The van der Waals surface area contributed by atoms with E-state index in [0.29, 0.717) is 10.8 Å². The number of rotatable bonds is 6. The maximum absolute atomic E-state index is 12.3. The van der Waals surface area contributed by atoms with E-state index in [4.69, 9.17) is 11.6 Å². The first-order valence-electron chi connectivity index (χ1n) is 7.16. The number of aromatic nitrogens is 3. The molecule has 2 aromatic rings. The number of halogens is 1. The molecule has 1 atom stereocenters. The van der Waals surface area contributed by atoms with Crippen LogP contribution in [0.3, 0.4) is 0 Å². The lowest BCUT2D eigenvalue weighted by Gasteiger charge is -2.15. The van der Waals surface area contributed by atoms with Crippen molar-refractivity contribution in [3.05, 3.63) is 29.5 Å². The van der Waals surface area contributed by atoms with Gasteiger partial charge in [0.2, 0.25) is 15.9 Å². The summed E-state index contributed by atoms with van der Waals surface area (Å²) in [5.74, 6) is -0.288. The number of amides is 1. The van der Waals surface area contributed by atoms with Gasteiger partial charge >= 0.3 is 0 Å². The molecule has 0 saturated heterocycles. The number of nitrogens with one attached hydrogen (secondary N) is 1. The predicted molar refractivity (Wildman–Crippen MR) is 97.3 cm³/mol. The highest BCUT2D eigenvalue weighted by Crippen LogP contribution is 2.28. The molecule has 0 aliphatic carbocycles. The summed E-state index contributed by atoms with van der Waals surface area (Å²) in [5, 5.41) is 10.6. The molecule has 0 radical (unpaired) electrons. The molecule has 0 fully saturated rings. The second kappa shape index (κ2) is 7.73. The summed E-state index contributed by atoms with van der Waals surface area (Å²) in [6, 6.07) is 4.33. The summed E-state index contributed by atoms with van der Waals surface area (Å²) >= 11 is 7.24. The van der Waals surface area contributed by atoms with Crippen LogP contribution >= 0.6 is 23.4 Å². The zero-order valence-electron chi connectivity index (χ0n) is 14.1. The number of anilines is 1.